The SMILES string of the molecule is CCc1cc(Nc2nccn3c(-c4cn(CC(F)F)nc4C(F)(F)F)cnc23)ccc1C(=O)NCCNC(=O)N1CC[C@H](N)C1. The molecule has 45 heavy (non-hydrogen) atoms. The molecule has 1 saturated heterocycles. The number of likely N-dealkylation sites (tertiary alicyclic amines) is 1. The van der Waals surface area contributed by atoms with Crippen molar-refractivity contribution < 1.29 is 31.5 Å². The number of nitrogens with one attached hydrogen (secondary N) is 3. The van der Waals surface area contributed by atoms with Gasteiger partial charge in [0.15, 0.2) is 17.2 Å². The second kappa shape index (κ2) is 13.1. The van der Waals surface area contributed by atoms with E-state index in [0.717, 1.165) is 12.6 Å². The number of urea groups is 1. The lowest BCUT2D eigenvalue weighted by atomic mass is 10.0. The van der Waals surface area contributed by atoms with Crippen LogP contribution >= 0.6 is 0 Å². The standard InChI is InChI=1S/C28H31F5N10O2/c1-2-16-11-18(3-4-19(16)26(44)36-6-7-37-27(45)41-9-5-17(34)13-41)39-24-25-38-12-21(43(25)10-8-35-24)20-14-42(15-22(29)30)40-23(20)28(31,32)33/h3-4,8,10-12,14,17,22H,2,5-7,9,13,15,34H2,1H3,(H,35,39)(H,36,44)(H,37,45)/t17-/m0/s1. The molecule has 1 fully saturated rings. The number of imidazole rings is 1. The minimum atomic E-state index is -4.89. The molecule has 5 rings (SSSR count). The van der Waals surface area contributed by atoms with Crippen LogP contribution in [0.25, 0.3) is 16.9 Å². The summed E-state index contributed by atoms with van der Waals surface area (Å²) in [5.41, 5.74) is 5.99. The van der Waals surface area contributed by atoms with E-state index in [0.29, 0.717) is 41.0 Å². The van der Waals surface area contributed by atoms with Crippen molar-refractivity contribution in [2.24, 2.45) is 5.73 Å². The molecular weight excluding hydrogens is 603 g/mol. The van der Waals surface area contributed by atoms with E-state index in [1.54, 1.807) is 23.1 Å². The van der Waals surface area contributed by atoms with Crippen LogP contribution in [0.4, 0.5) is 38.3 Å². The van der Waals surface area contributed by atoms with Crippen molar-refractivity contribution in [3.8, 4) is 11.3 Å². The molecule has 3 aromatic heterocycles. The first-order chi connectivity index (χ1) is 21.4. The highest BCUT2D eigenvalue weighted by Crippen LogP contribution is 2.37. The minimum Gasteiger partial charge on any atom is -0.350 e. The van der Waals surface area contributed by atoms with E-state index in [1.807, 2.05) is 6.92 Å². The zero-order valence-corrected chi connectivity index (χ0v) is 24.1. The van der Waals surface area contributed by atoms with E-state index in [9.17, 15) is 31.5 Å². The number of hydrogen-bond donors (Lipinski definition) is 4. The first kappa shape index (κ1) is 31.6. The molecule has 0 aliphatic carbocycles. The Labute approximate surface area is 253 Å². The van der Waals surface area contributed by atoms with Crippen LogP contribution in [0.2, 0.25) is 0 Å². The molecule has 4 heterocycles. The molecule has 12 nitrogen and oxygen atoms in total. The van der Waals surface area contributed by atoms with Crippen molar-refractivity contribution in [2.75, 3.05) is 31.5 Å². The van der Waals surface area contributed by atoms with Crippen LogP contribution in [0.1, 0.15) is 35.0 Å². The Hall–Kier alpha value is -4.80. The van der Waals surface area contributed by atoms with Gasteiger partial charge < -0.3 is 26.6 Å². The van der Waals surface area contributed by atoms with E-state index in [1.165, 1.54) is 23.0 Å². The molecule has 0 spiro atoms. The van der Waals surface area contributed by atoms with Crippen LogP contribution in [-0.4, -0.2) is 79.6 Å². The number of carbonyl (C=O) groups excluding carboxylic acids is 2. The summed E-state index contributed by atoms with van der Waals surface area (Å²) in [6.07, 6.45) is -1.64. The van der Waals surface area contributed by atoms with Crippen LogP contribution in [0.5, 0.6) is 0 Å². The van der Waals surface area contributed by atoms with Gasteiger partial charge in [0.05, 0.1) is 17.5 Å². The number of fused-ring (bicyclic) bond motifs is 1. The maximum absolute atomic E-state index is 13.7. The predicted octanol–water partition coefficient (Wildman–Crippen LogP) is 3.66. The summed E-state index contributed by atoms with van der Waals surface area (Å²) in [7, 11) is 0. The molecule has 0 bridgehead atoms. The Balaban J connectivity index is 1.29. The summed E-state index contributed by atoms with van der Waals surface area (Å²) in [5, 5.41) is 12.0. The van der Waals surface area contributed by atoms with Gasteiger partial charge in [0.25, 0.3) is 12.3 Å². The van der Waals surface area contributed by atoms with Crippen LogP contribution in [0.3, 0.4) is 0 Å². The number of aryl methyl sites for hydroxylation is 1. The molecule has 0 unspecified atom stereocenters. The van der Waals surface area contributed by atoms with E-state index < -0.39 is 30.4 Å². The van der Waals surface area contributed by atoms with Gasteiger partial charge in [-0.2, -0.15) is 18.3 Å². The first-order valence-electron chi connectivity index (χ1n) is 14.2. The number of anilines is 2. The fourth-order valence-corrected chi connectivity index (χ4v) is 5.11. The number of halogens is 5. The second-order valence-corrected chi connectivity index (χ2v) is 10.4. The molecule has 1 atom stereocenters. The molecule has 0 radical (unpaired) electrons. The fraction of sp³-hybridized carbons (Fsp3) is 0.393. The van der Waals surface area contributed by atoms with Crippen molar-refractivity contribution in [3.05, 3.63) is 59.8 Å². The number of amides is 3. The summed E-state index contributed by atoms with van der Waals surface area (Å²) in [4.78, 5) is 35.2. The largest absolute Gasteiger partial charge is 0.435 e. The van der Waals surface area contributed by atoms with Crippen molar-refractivity contribution in [3.63, 3.8) is 0 Å². The average molecular weight is 635 g/mol. The summed E-state index contributed by atoms with van der Waals surface area (Å²) >= 11 is 0. The molecule has 1 aliphatic heterocycles. The Morgan fingerprint density at radius 3 is 2.62 bits per heavy atom. The van der Waals surface area contributed by atoms with E-state index in [-0.39, 0.29) is 48.2 Å². The summed E-state index contributed by atoms with van der Waals surface area (Å²) < 4.78 is 68.9. The van der Waals surface area contributed by atoms with Crippen molar-refractivity contribution in [1.82, 2.24) is 39.7 Å². The van der Waals surface area contributed by atoms with Crippen LogP contribution in [-0.2, 0) is 19.1 Å². The van der Waals surface area contributed by atoms with Gasteiger partial charge in [0, 0.05) is 62.1 Å². The summed E-state index contributed by atoms with van der Waals surface area (Å²) in [6, 6.07) is 4.78. The minimum absolute atomic E-state index is 0.00949. The molecule has 240 valence electrons. The van der Waals surface area contributed by atoms with Gasteiger partial charge in [-0.15, -0.1) is 0 Å². The van der Waals surface area contributed by atoms with E-state index in [2.05, 4.69) is 31.0 Å². The maximum Gasteiger partial charge on any atom is 0.435 e. The topological polar surface area (TPSA) is 148 Å². The average Bonchev–Trinajstić information content (AvgIpc) is 3.73. The number of rotatable bonds is 10. The number of nitrogens with zero attached hydrogens (tertiary/aromatic N) is 6. The molecule has 5 N–H and O–H groups in total. The van der Waals surface area contributed by atoms with Gasteiger partial charge in [-0.05, 0) is 36.6 Å². The van der Waals surface area contributed by atoms with Crippen LogP contribution < -0.4 is 21.7 Å². The number of aromatic nitrogens is 5. The van der Waals surface area contributed by atoms with E-state index >= 15 is 0 Å². The monoisotopic (exact) mass is 634 g/mol. The van der Waals surface area contributed by atoms with Gasteiger partial charge in [-0.25, -0.2) is 23.5 Å². The molecule has 17 heteroatoms. The smallest absolute Gasteiger partial charge is 0.350 e. The summed E-state index contributed by atoms with van der Waals surface area (Å²) in [6.45, 7) is 2.45. The lowest BCUT2D eigenvalue weighted by molar-refractivity contribution is -0.141. The molecule has 1 aliphatic rings. The van der Waals surface area contributed by atoms with Gasteiger partial charge in [0.1, 0.15) is 6.54 Å². The van der Waals surface area contributed by atoms with Crippen molar-refractivity contribution in [1.29, 1.82) is 0 Å². The van der Waals surface area contributed by atoms with Gasteiger partial charge in [-0.3, -0.25) is 13.9 Å². The van der Waals surface area contributed by atoms with Crippen LogP contribution in [0, 0.1) is 0 Å². The Kier molecular flexibility index (Phi) is 9.17. The normalized spacial score (nSPS) is 15.2. The highest BCUT2D eigenvalue weighted by molar-refractivity contribution is 5.96. The first-order valence-corrected chi connectivity index (χ1v) is 14.2. The van der Waals surface area contributed by atoms with Crippen molar-refractivity contribution in [2.45, 2.75) is 45.0 Å². The Morgan fingerprint density at radius 1 is 1.16 bits per heavy atom. The van der Waals surface area contributed by atoms with Gasteiger partial charge >= 0.3 is 12.2 Å². The molecule has 0 saturated carbocycles. The third-order valence-electron chi connectivity index (χ3n) is 7.25. The number of hydrogen-bond acceptors (Lipinski definition) is 7. The quantitative estimate of drug-likeness (QED) is 0.154. The van der Waals surface area contributed by atoms with Crippen molar-refractivity contribution >= 4 is 29.1 Å². The third kappa shape index (κ3) is 7.13. The highest BCUT2D eigenvalue weighted by atomic mass is 19.4. The predicted molar refractivity (Wildman–Crippen MR) is 154 cm³/mol. The van der Waals surface area contributed by atoms with Gasteiger partial charge in [-0.1, -0.05) is 6.92 Å². The number of alkyl halides is 5. The zero-order valence-electron chi connectivity index (χ0n) is 24.1. The Morgan fingerprint density at radius 2 is 1.93 bits per heavy atom. The van der Waals surface area contributed by atoms with Gasteiger partial charge in [0.2, 0.25) is 0 Å². The number of nitrogens with two attached hydrogens (primary N) is 1. The second-order valence-electron chi connectivity index (χ2n) is 10.4. The lowest BCUT2D eigenvalue weighted by Crippen LogP contribution is -2.42. The van der Waals surface area contributed by atoms with E-state index in [4.69, 9.17) is 5.73 Å². The number of carbonyl (C=O) groups is 2. The molecular formula is C28H31F5N10O2. The van der Waals surface area contributed by atoms with Crippen LogP contribution in [0.15, 0.2) is 43.0 Å². The maximum atomic E-state index is 13.7. The Bertz CT molecular complexity index is 1690. The molecule has 3 amide bonds. The molecule has 4 aromatic rings. The highest BCUT2D eigenvalue weighted by Gasteiger charge is 2.38. The number of benzene rings is 1. The summed E-state index contributed by atoms with van der Waals surface area (Å²) in [5.74, 6) is -0.104. The zero-order chi connectivity index (χ0) is 32.3. The lowest BCUT2D eigenvalue weighted by Gasteiger charge is -2.17. The fourth-order valence-electron chi connectivity index (χ4n) is 5.11. The molecule has 1 aromatic carbocycles. The third-order valence-corrected chi connectivity index (χ3v) is 7.25.